The Kier molecular flexibility index (Phi) is 2.39. The van der Waals surface area contributed by atoms with Crippen molar-refractivity contribution in [1.82, 2.24) is 10.2 Å². The second-order valence-electron chi connectivity index (χ2n) is 5.45. The fourth-order valence-electron chi connectivity index (χ4n) is 2.42. The van der Waals surface area contributed by atoms with E-state index in [2.05, 4.69) is 37.9 Å². The standard InChI is InChI=1S/C11H19N3S/c1-10(2)8(11(10,3)4)9-14-13-7(15-9)5-6-12/h8H,5-6,12H2,1-4H3. The minimum Gasteiger partial charge on any atom is -0.330 e. The van der Waals surface area contributed by atoms with Crippen molar-refractivity contribution in [3.63, 3.8) is 0 Å². The zero-order valence-corrected chi connectivity index (χ0v) is 10.7. The number of nitrogens with zero attached hydrogens (tertiary/aromatic N) is 2. The topological polar surface area (TPSA) is 51.8 Å². The summed E-state index contributed by atoms with van der Waals surface area (Å²) in [6.07, 6.45) is 0.852. The second kappa shape index (κ2) is 3.25. The second-order valence-corrected chi connectivity index (χ2v) is 6.54. The minimum absolute atomic E-state index is 0.354. The van der Waals surface area contributed by atoms with Crippen LogP contribution in [0.3, 0.4) is 0 Å². The van der Waals surface area contributed by atoms with Gasteiger partial charge in [-0.3, -0.25) is 0 Å². The van der Waals surface area contributed by atoms with E-state index in [4.69, 9.17) is 5.73 Å². The fourth-order valence-corrected chi connectivity index (χ4v) is 3.75. The van der Waals surface area contributed by atoms with E-state index in [-0.39, 0.29) is 0 Å². The fraction of sp³-hybridized carbons (Fsp3) is 0.818. The van der Waals surface area contributed by atoms with Gasteiger partial charge in [-0.15, -0.1) is 21.5 Å². The Labute approximate surface area is 95.1 Å². The molecule has 84 valence electrons. The van der Waals surface area contributed by atoms with E-state index >= 15 is 0 Å². The molecule has 1 aliphatic rings. The number of hydrogen-bond acceptors (Lipinski definition) is 4. The van der Waals surface area contributed by atoms with Crippen molar-refractivity contribution in [2.45, 2.75) is 40.0 Å². The third-order valence-corrected chi connectivity index (χ3v) is 5.16. The molecule has 1 heterocycles. The van der Waals surface area contributed by atoms with Crippen LogP contribution < -0.4 is 5.73 Å². The summed E-state index contributed by atoms with van der Waals surface area (Å²) >= 11 is 1.73. The number of hydrogen-bond donors (Lipinski definition) is 1. The molecule has 0 atom stereocenters. The largest absolute Gasteiger partial charge is 0.330 e. The van der Waals surface area contributed by atoms with E-state index in [9.17, 15) is 0 Å². The maximum Gasteiger partial charge on any atom is 0.121 e. The molecule has 1 fully saturated rings. The van der Waals surface area contributed by atoms with Crippen LogP contribution in [0.4, 0.5) is 0 Å². The lowest BCUT2D eigenvalue weighted by molar-refractivity contribution is 0.457. The van der Waals surface area contributed by atoms with E-state index in [0.717, 1.165) is 11.4 Å². The molecule has 1 aromatic rings. The van der Waals surface area contributed by atoms with Crippen molar-refractivity contribution in [2.24, 2.45) is 16.6 Å². The number of nitrogens with two attached hydrogens (primary N) is 1. The third-order valence-electron chi connectivity index (χ3n) is 4.11. The lowest BCUT2D eigenvalue weighted by Crippen LogP contribution is -2.01. The Morgan fingerprint density at radius 3 is 2.27 bits per heavy atom. The molecule has 2 N–H and O–H groups in total. The van der Waals surface area contributed by atoms with Gasteiger partial charge < -0.3 is 5.73 Å². The van der Waals surface area contributed by atoms with Crippen molar-refractivity contribution in [2.75, 3.05) is 6.54 Å². The van der Waals surface area contributed by atoms with Gasteiger partial charge in [0.25, 0.3) is 0 Å². The molecule has 4 heteroatoms. The summed E-state index contributed by atoms with van der Waals surface area (Å²) in [6, 6.07) is 0. The van der Waals surface area contributed by atoms with Crippen LogP contribution in [0.15, 0.2) is 0 Å². The quantitative estimate of drug-likeness (QED) is 0.858. The van der Waals surface area contributed by atoms with Gasteiger partial charge in [-0.05, 0) is 17.4 Å². The van der Waals surface area contributed by atoms with Gasteiger partial charge in [0, 0.05) is 12.3 Å². The molecular formula is C11H19N3S. The lowest BCUT2D eigenvalue weighted by atomic mass is 10.0. The highest BCUT2D eigenvalue weighted by Crippen LogP contribution is 2.73. The summed E-state index contributed by atoms with van der Waals surface area (Å²) in [5, 5.41) is 10.8. The Morgan fingerprint density at radius 2 is 1.80 bits per heavy atom. The first-order valence-electron chi connectivity index (χ1n) is 5.43. The predicted octanol–water partition coefficient (Wildman–Crippen LogP) is 2.19. The Bertz CT molecular complexity index is 354. The Morgan fingerprint density at radius 1 is 1.20 bits per heavy atom. The average molecular weight is 225 g/mol. The first-order chi connectivity index (χ1) is 6.91. The van der Waals surface area contributed by atoms with Crippen LogP contribution >= 0.6 is 11.3 Å². The molecule has 1 saturated carbocycles. The summed E-state index contributed by atoms with van der Waals surface area (Å²) < 4.78 is 0. The zero-order valence-electron chi connectivity index (χ0n) is 9.87. The summed E-state index contributed by atoms with van der Waals surface area (Å²) in [5.74, 6) is 0.564. The van der Waals surface area contributed by atoms with Gasteiger partial charge >= 0.3 is 0 Å². The Hall–Kier alpha value is -0.480. The molecule has 0 unspecified atom stereocenters. The van der Waals surface area contributed by atoms with Gasteiger partial charge in [0.05, 0.1) is 0 Å². The van der Waals surface area contributed by atoms with Gasteiger partial charge in [0.15, 0.2) is 0 Å². The van der Waals surface area contributed by atoms with E-state index in [1.54, 1.807) is 11.3 Å². The SMILES string of the molecule is CC1(C)C(c2nnc(CCN)s2)C1(C)C. The van der Waals surface area contributed by atoms with Crippen molar-refractivity contribution >= 4 is 11.3 Å². The molecule has 0 aliphatic heterocycles. The molecule has 0 aromatic carbocycles. The average Bonchev–Trinajstić information content (AvgIpc) is 2.51. The molecule has 0 bridgehead atoms. The van der Waals surface area contributed by atoms with Crippen molar-refractivity contribution in [3.05, 3.63) is 10.0 Å². The maximum atomic E-state index is 5.51. The molecular weight excluding hydrogens is 206 g/mol. The van der Waals surface area contributed by atoms with Crippen LogP contribution in [-0.2, 0) is 6.42 Å². The highest BCUT2D eigenvalue weighted by Gasteiger charge is 2.66. The molecule has 3 nitrogen and oxygen atoms in total. The minimum atomic E-state index is 0.354. The van der Waals surface area contributed by atoms with E-state index < -0.39 is 0 Å². The molecule has 15 heavy (non-hydrogen) atoms. The van der Waals surface area contributed by atoms with Gasteiger partial charge in [0.2, 0.25) is 0 Å². The molecule has 0 amide bonds. The van der Waals surface area contributed by atoms with Crippen molar-refractivity contribution < 1.29 is 0 Å². The highest BCUT2D eigenvalue weighted by atomic mass is 32.1. The molecule has 1 aliphatic carbocycles. The lowest BCUT2D eigenvalue weighted by Gasteiger charge is -2.03. The van der Waals surface area contributed by atoms with Crippen LogP contribution in [-0.4, -0.2) is 16.7 Å². The van der Waals surface area contributed by atoms with Crippen LogP contribution in [0.1, 0.15) is 43.6 Å². The monoisotopic (exact) mass is 225 g/mol. The van der Waals surface area contributed by atoms with Crippen molar-refractivity contribution in [1.29, 1.82) is 0 Å². The van der Waals surface area contributed by atoms with Gasteiger partial charge in [-0.1, -0.05) is 27.7 Å². The first kappa shape index (κ1) is 11.0. The van der Waals surface area contributed by atoms with Crippen LogP contribution in [0.25, 0.3) is 0 Å². The maximum absolute atomic E-state index is 5.51. The van der Waals surface area contributed by atoms with Crippen molar-refractivity contribution in [3.8, 4) is 0 Å². The summed E-state index contributed by atoms with van der Waals surface area (Å²) in [7, 11) is 0. The highest BCUT2D eigenvalue weighted by molar-refractivity contribution is 7.11. The Balaban J connectivity index is 2.19. The normalized spacial score (nSPS) is 23.0. The smallest absolute Gasteiger partial charge is 0.121 e. The summed E-state index contributed by atoms with van der Waals surface area (Å²) in [4.78, 5) is 0. The van der Waals surface area contributed by atoms with Crippen LogP contribution in [0.5, 0.6) is 0 Å². The van der Waals surface area contributed by atoms with Crippen LogP contribution in [0.2, 0.25) is 0 Å². The summed E-state index contributed by atoms with van der Waals surface area (Å²) in [5.41, 5.74) is 6.21. The van der Waals surface area contributed by atoms with E-state index in [1.807, 2.05) is 0 Å². The van der Waals surface area contributed by atoms with Gasteiger partial charge in [0.1, 0.15) is 10.0 Å². The summed E-state index contributed by atoms with van der Waals surface area (Å²) in [6.45, 7) is 9.89. The molecule has 0 radical (unpaired) electrons. The van der Waals surface area contributed by atoms with Gasteiger partial charge in [-0.25, -0.2) is 0 Å². The molecule has 0 saturated heterocycles. The molecule has 0 spiro atoms. The van der Waals surface area contributed by atoms with Gasteiger partial charge in [-0.2, -0.15) is 0 Å². The van der Waals surface area contributed by atoms with Crippen LogP contribution in [0, 0.1) is 10.8 Å². The number of rotatable bonds is 3. The van der Waals surface area contributed by atoms with E-state index in [1.165, 1.54) is 5.01 Å². The first-order valence-corrected chi connectivity index (χ1v) is 6.25. The third kappa shape index (κ3) is 1.51. The predicted molar refractivity (Wildman–Crippen MR) is 63.0 cm³/mol. The molecule has 1 aromatic heterocycles. The molecule has 2 rings (SSSR count). The van der Waals surface area contributed by atoms with E-state index in [0.29, 0.717) is 23.3 Å². The number of aromatic nitrogens is 2. The zero-order chi connectivity index (χ0) is 11.3.